The van der Waals surface area contributed by atoms with Crippen molar-refractivity contribution in [2.24, 2.45) is 0 Å². The molecule has 0 aromatic heterocycles. The molecular weight excluding hydrogens is 373 g/mol. The van der Waals surface area contributed by atoms with Crippen LogP contribution in [0.1, 0.15) is 23.1 Å². The van der Waals surface area contributed by atoms with Gasteiger partial charge in [-0.1, -0.05) is 57.3 Å². The Balaban J connectivity index is 2.35. The SMILES string of the molecule is CNC[C@H](c1ccc(Cl)c(Cl)c1)[C@H](O)c1cccc(Br)c1. The van der Waals surface area contributed by atoms with Crippen molar-refractivity contribution in [2.75, 3.05) is 13.6 Å². The van der Waals surface area contributed by atoms with Gasteiger partial charge < -0.3 is 10.4 Å². The predicted molar refractivity (Wildman–Crippen MR) is 92.2 cm³/mol. The lowest BCUT2D eigenvalue weighted by molar-refractivity contribution is 0.144. The molecule has 0 bridgehead atoms. The van der Waals surface area contributed by atoms with E-state index in [2.05, 4.69) is 21.2 Å². The number of benzene rings is 2. The second kappa shape index (κ2) is 7.61. The second-order valence-electron chi connectivity index (χ2n) is 4.84. The summed E-state index contributed by atoms with van der Waals surface area (Å²) in [6.07, 6.45) is -0.632. The normalized spacial score (nSPS) is 14.0. The van der Waals surface area contributed by atoms with Crippen molar-refractivity contribution in [3.8, 4) is 0 Å². The lowest BCUT2D eigenvalue weighted by Gasteiger charge is -2.24. The van der Waals surface area contributed by atoms with Crippen LogP contribution in [0, 0.1) is 0 Å². The second-order valence-corrected chi connectivity index (χ2v) is 6.57. The molecule has 0 fully saturated rings. The molecular formula is C16H16BrCl2NO. The summed E-state index contributed by atoms with van der Waals surface area (Å²) >= 11 is 15.5. The molecule has 2 aromatic carbocycles. The first-order valence-electron chi connectivity index (χ1n) is 6.56. The van der Waals surface area contributed by atoms with Crippen LogP contribution < -0.4 is 5.32 Å². The van der Waals surface area contributed by atoms with Crippen LogP contribution in [0.5, 0.6) is 0 Å². The molecule has 112 valence electrons. The number of hydrogen-bond donors (Lipinski definition) is 2. The number of nitrogens with one attached hydrogen (secondary N) is 1. The Morgan fingerprint density at radius 3 is 2.48 bits per heavy atom. The maximum Gasteiger partial charge on any atom is 0.0871 e. The van der Waals surface area contributed by atoms with E-state index in [0.29, 0.717) is 16.6 Å². The molecule has 2 rings (SSSR count). The zero-order valence-corrected chi connectivity index (χ0v) is 14.6. The summed E-state index contributed by atoms with van der Waals surface area (Å²) in [5.41, 5.74) is 1.81. The van der Waals surface area contributed by atoms with Crippen molar-refractivity contribution < 1.29 is 5.11 Å². The molecule has 0 radical (unpaired) electrons. The van der Waals surface area contributed by atoms with E-state index in [1.807, 2.05) is 43.4 Å². The first-order valence-corrected chi connectivity index (χ1v) is 8.11. The van der Waals surface area contributed by atoms with Crippen molar-refractivity contribution in [1.29, 1.82) is 0 Å². The zero-order chi connectivity index (χ0) is 15.4. The fourth-order valence-electron chi connectivity index (χ4n) is 2.30. The van der Waals surface area contributed by atoms with E-state index in [-0.39, 0.29) is 5.92 Å². The fraction of sp³-hybridized carbons (Fsp3) is 0.250. The van der Waals surface area contributed by atoms with E-state index >= 15 is 0 Å². The predicted octanol–water partition coefficient (Wildman–Crippen LogP) is 4.79. The van der Waals surface area contributed by atoms with Gasteiger partial charge in [0.2, 0.25) is 0 Å². The molecule has 0 unspecified atom stereocenters. The summed E-state index contributed by atoms with van der Waals surface area (Å²) in [5.74, 6) is -0.112. The van der Waals surface area contributed by atoms with E-state index < -0.39 is 6.10 Å². The van der Waals surface area contributed by atoms with Crippen molar-refractivity contribution in [2.45, 2.75) is 12.0 Å². The summed E-state index contributed by atoms with van der Waals surface area (Å²) in [7, 11) is 1.86. The molecule has 0 amide bonds. The van der Waals surface area contributed by atoms with Crippen molar-refractivity contribution >= 4 is 39.1 Å². The van der Waals surface area contributed by atoms with Gasteiger partial charge in [-0.2, -0.15) is 0 Å². The number of aliphatic hydroxyl groups excluding tert-OH is 1. The monoisotopic (exact) mass is 387 g/mol. The largest absolute Gasteiger partial charge is 0.388 e. The van der Waals surface area contributed by atoms with Gasteiger partial charge in [0.1, 0.15) is 0 Å². The molecule has 2 N–H and O–H groups in total. The highest BCUT2D eigenvalue weighted by atomic mass is 79.9. The molecule has 0 spiro atoms. The van der Waals surface area contributed by atoms with Gasteiger partial charge in [-0.25, -0.2) is 0 Å². The highest BCUT2D eigenvalue weighted by molar-refractivity contribution is 9.10. The number of likely N-dealkylation sites (N-methyl/N-ethyl adjacent to an activating group) is 1. The summed E-state index contributed by atoms with van der Waals surface area (Å²) in [5, 5.41) is 14.8. The van der Waals surface area contributed by atoms with Crippen LogP contribution in [-0.4, -0.2) is 18.7 Å². The van der Waals surface area contributed by atoms with E-state index in [9.17, 15) is 5.11 Å². The molecule has 2 aromatic rings. The first-order chi connectivity index (χ1) is 10.0. The quantitative estimate of drug-likeness (QED) is 0.771. The molecule has 0 saturated heterocycles. The lowest BCUT2D eigenvalue weighted by Crippen LogP contribution is -2.23. The van der Waals surface area contributed by atoms with Crippen molar-refractivity contribution in [3.63, 3.8) is 0 Å². The maximum atomic E-state index is 10.7. The summed E-state index contributed by atoms with van der Waals surface area (Å²) < 4.78 is 0.941. The zero-order valence-electron chi connectivity index (χ0n) is 11.5. The average Bonchev–Trinajstić information content (AvgIpc) is 2.47. The number of rotatable bonds is 5. The van der Waals surface area contributed by atoms with Crippen LogP contribution in [0.2, 0.25) is 10.0 Å². The highest BCUT2D eigenvalue weighted by Crippen LogP contribution is 2.34. The molecule has 0 aliphatic carbocycles. The van der Waals surface area contributed by atoms with Crippen LogP contribution >= 0.6 is 39.1 Å². The number of hydrogen-bond acceptors (Lipinski definition) is 2. The minimum atomic E-state index is -0.632. The minimum Gasteiger partial charge on any atom is -0.388 e. The van der Waals surface area contributed by atoms with Crippen LogP contribution in [0.15, 0.2) is 46.9 Å². The Kier molecular flexibility index (Phi) is 6.08. The van der Waals surface area contributed by atoms with Crippen LogP contribution in [-0.2, 0) is 0 Å². The molecule has 0 aliphatic rings. The van der Waals surface area contributed by atoms with Gasteiger partial charge in [-0.3, -0.25) is 0 Å². The van der Waals surface area contributed by atoms with Gasteiger partial charge in [0, 0.05) is 16.9 Å². The molecule has 2 nitrogen and oxygen atoms in total. The van der Waals surface area contributed by atoms with Crippen molar-refractivity contribution in [3.05, 3.63) is 68.1 Å². The van der Waals surface area contributed by atoms with E-state index in [1.165, 1.54) is 0 Å². The van der Waals surface area contributed by atoms with Crippen LogP contribution in [0.3, 0.4) is 0 Å². The third-order valence-electron chi connectivity index (χ3n) is 3.37. The first kappa shape index (κ1) is 16.8. The third-order valence-corrected chi connectivity index (χ3v) is 4.60. The van der Waals surface area contributed by atoms with Crippen LogP contribution in [0.4, 0.5) is 0 Å². The summed E-state index contributed by atoms with van der Waals surface area (Å²) in [6.45, 7) is 0.631. The topological polar surface area (TPSA) is 32.3 Å². The number of halogens is 3. The molecule has 5 heteroatoms. The Hall–Kier alpha value is -0.580. The maximum absolute atomic E-state index is 10.7. The molecule has 0 aliphatic heterocycles. The van der Waals surface area contributed by atoms with Gasteiger partial charge >= 0.3 is 0 Å². The van der Waals surface area contributed by atoms with Crippen molar-refractivity contribution in [1.82, 2.24) is 5.32 Å². The smallest absolute Gasteiger partial charge is 0.0871 e. The van der Waals surface area contributed by atoms with Gasteiger partial charge in [0.25, 0.3) is 0 Å². The van der Waals surface area contributed by atoms with Gasteiger partial charge in [-0.05, 0) is 42.4 Å². The molecule has 0 saturated carbocycles. The van der Waals surface area contributed by atoms with Gasteiger partial charge in [-0.15, -0.1) is 0 Å². The Morgan fingerprint density at radius 1 is 1.10 bits per heavy atom. The summed E-state index contributed by atoms with van der Waals surface area (Å²) in [4.78, 5) is 0. The Labute approximate surface area is 143 Å². The fourth-order valence-corrected chi connectivity index (χ4v) is 3.02. The molecule has 0 heterocycles. The standard InChI is InChI=1S/C16H16BrCl2NO/c1-20-9-13(10-5-6-14(18)15(19)8-10)16(21)11-3-2-4-12(17)7-11/h2-8,13,16,20-21H,9H2,1H3/t13-,16-/m1/s1. The van der Waals surface area contributed by atoms with E-state index in [1.54, 1.807) is 6.07 Å². The average molecular weight is 389 g/mol. The van der Waals surface area contributed by atoms with Gasteiger partial charge in [0.05, 0.1) is 16.1 Å². The summed E-state index contributed by atoms with van der Waals surface area (Å²) in [6, 6.07) is 13.1. The molecule has 21 heavy (non-hydrogen) atoms. The van der Waals surface area contributed by atoms with Crippen LogP contribution in [0.25, 0.3) is 0 Å². The van der Waals surface area contributed by atoms with Gasteiger partial charge in [0.15, 0.2) is 0 Å². The minimum absolute atomic E-state index is 0.112. The number of aliphatic hydroxyl groups is 1. The highest BCUT2D eigenvalue weighted by Gasteiger charge is 2.23. The Bertz CT molecular complexity index is 621. The van der Waals surface area contributed by atoms with E-state index in [4.69, 9.17) is 23.2 Å². The lowest BCUT2D eigenvalue weighted by atomic mass is 9.89. The van der Waals surface area contributed by atoms with E-state index in [0.717, 1.165) is 15.6 Å². The third kappa shape index (κ3) is 4.21. The Morgan fingerprint density at radius 2 is 1.86 bits per heavy atom. The molecule has 2 atom stereocenters.